The molecule has 1 aromatic carbocycles. The van der Waals surface area contributed by atoms with Gasteiger partial charge in [0.05, 0.1) is 0 Å². The Bertz CT molecular complexity index is 210. The molecule has 0 unspecified atom stereocenters. The van der Waals surface area contributed by atoms with Crippen LogP contribution < -0.4 is 0 Å². The quantitative estimate of drug-likeness (QED) is 0.696. The van der Waals surface area contributed by atoms with E-state index < -0.39 is 0 Å². The average Bonchev–Trinajstić information content (AvgIpc) is 2.06. The Balaban J connectivity index is 2.41. The molecule has 0 aromatic heterocycles. The van der Waals surface area contributed by atoms with E-state index >= 15 is 0 Å². The van der Waals surface area contributed by atoms with Gasteiger partial charge in [-0.25, -0.2) is 0 Å². The van der Waals surface area contributed by atoms with Crippen molar-refractivity contribution >= 4 is 12.6 Å². The second-order valence-electron chi connectivity index (χ2n) is 2.95. The van der Waals surface area contributed by atoms with E-state index in [2.05, 4.69) is 48.8 Å². The summed E-state index contributed by atoms with van der Waals surface area (Å²) in [6.45, 7) is 2.05. The van der Waals surface area contributed by atoms with Crippen LogP contribution in [0.25, 0.3) is 0 Å². The average molecular weight is 181 g/mol. The highest BCUT2D eigenvalue weighted by Gasteiger charge is 1.96. The lowest BCUT2D eigenvalue weighted by molar-refractivity contribution is 0.349. The van der Waals surface area contributed by atoms with Crippen molar-refractivity contribution in [2.45, 2.75) is 6.54 Å². The van der Waals surface area contributed by atoms with E-state index in [9.17, 15) is 0 Å². The first-order valence-corrected chi connectivity index (χ1v) is 4.79. The number of nitrogens with zero attached hydrogens (tertiary/aromatic N) is 1. The normalized spacial score (nSPS) is 10.6. The third kappa shape index (κ3) is 3.28. The Hall–Kier alpha value is -0.470. The van der Waals surface area contributed by atoms with Gasteiger partial charge in [-0.2, -0.15) is 12.6 Å². The fourth-order valence-electron chi connectivity index (χ4n) is 1.14. The van der Waals surface area contributed by atoms with E-state index in [0.29, 0.717) is 0 Å². The lowest BCUT2D eigenvalue weighted by Crippen LogP contribution is -2.19. The Morgan fingerprint density at radius 3 is 2.50 bits per heavy atom. The van der Waals surface area contributed by atoms with Crippen LogP contribution in [-0.2, 0) is 6.54 Å². The molecule has 0 aliphatic heterocycles. The molecule has 0 bridgehead atoms. The second-order valence-corrected chi connectivity index (χ2v) is 3.39. The van der Waals surface area contributed by atoms with Crippen LogP contribution >= 0.6 is 12.6 Å². The molecule has 66 valence electrons. The molecule has 0 aliphatic carbocycles. The number of thiol groups is 1. The fourth-order valence-corrected chi connectivity index (χ4v) is 1.49. The van der Waals surface area contributed by atoms with E-state index in [-0.39, 0.29) is 0 Å². The molecule has 0 heterocycles. The zero-order chi connectivity index (χ0) is 8.81. The first-order chi connectivity index (χ1) is 5.83. The third-order valence-electron chi connectivity index (χ3n) is 1.78. The highest BCUT2D eigenvalue weighted by molar-refractivity contribution is 7.80. The first kappa shape index (κ1) is 9.62. The maximum absolute atomic E-state index is 4.18. The van der Waals surface area contributed by atoms with Gasteiger partial charge in [0.2, 0.25) is 0 Å². The van der Waals surface area contributed by atoms with Crippen LogP contribution in [-0.4, -0.2) is 24.2 Å². The predicted octanol–water partition coefficient (Wildman–Crippen LogP) is 2.05. The molecule has 0 atom stereocenters. The second kappa shape index (κ2) is 5.22. The van der Waals surface area contributed by atoms with E-state index in [1.807, 2.05) is 6.07 Å². The fraction of sp³-hybridized carbons (Fsp3) is 0.400. The van der Waals surface area contributed by atoms with Gasteiger partial charge in [0.25, 0.3) is 0 Å². The standard InChI is InChI=1S/C10H15NS/c1-11(7-8-12)9-10-5-3-2-4-6-10/h2-6,12H,7-9H2,1H3. The summed E-state index contributed by atoms with van der Waals surface area (Å²) < 4.78 is 0. The summed E-state index contributed by atoms with van der Waals surface area (Å²) in [6, 6.07) is 10.5. The van der Waals surface area contributed by atoms with Crippen LogP contribution in [0.4, 0.5) is 0 Å². The zero-order valence-corrected chi connectivity index (χ0v) is 8.30. The molecule has 0 radical (unpaired) electrons. The SMILES string of the molecule is CN(CCS)Cc1ccccc1. The maximum Gasteiger partial charge on any atom is 0.0231 e. The van der Waals surface area contributed by atoms with Crippen molar-refractivity contribution < 1.29 is 0 Å². The first-order valence-electron chi connectivity index (χ1n) is 4.16. The highest BCUT2D eigenvalue weighted by Crippen LogP contribution is 2.01. The number of rotatable bonds is 4. The van der Waals surface area contributed by atoms with Crippen molar-refractivity contribution in [3.05, 3.63) is 35.9 Å². The molecule has 1 rings (SSSR count). The number of benzene rings is 1. The summed E-state index contributed by atoms with van der Waals surface area (Å²) in [6.07, 6.45) is 0. The van der Waals surface area contributed by atoms with Crippen LogP contribution in [0, 0.1) is 0 Å². The van der Waals surface area contributed by atoms with E-state index in [4.69, 9.17) is 0 Å². The van der Waals surface area contributed by atoms with Gasteiger partial charge in [0, 0.05) is 18.8 Å². The van der Waals surface area contributed by atoms with Gasteiger partial charge in [0.1, 0.15) is 0 Å². The molecule has 1 nitrogen and oxygen atoms in total. The van der Waals surface area contributed by atoms with Gasteiger partial charge < -0.3 is 4.90 Å². The number of hydrogen-bond donors (Lipinski definition) is 1. The molecule has 0 N–H and O–H groups in total. The molecule has 0 spiro atoms. The van der Waals surface area contributed by atoms with Crippen molar-refractivity contribution in [3.63, 3.8) is 0 Å². The lowest BCUT2D eigenvalue weighted by atomic mass is 10.2. The molecule has 0 saturated heterocycles. The van der Waals surface area contributed by atoms with Gasteiger partial charge in [-0.15, -0.1) is 0 Å². The van der Waals surface area contributed by atoms with E-state index in [0.717, 1.165) is 18.8 Å². The van der Waals surface area contributed by atoms with Crippen LogP contribution in [0.15, 0.2) is 30.3 Å². The molecule has 2 heteroatoms. The van der Waals surface area contributed by atoms with Crippen LogP contribution in [0.5, 0.6) is 0 Å². The summed E-state index contributed by atoms with van der Waals surface area (Å²) in [4.78, 5) is 2.27. The Morgan fingerprint density at radius 1 is 1.25 bits per heavy atom. The largest absolute Gasteiger partial charge is 0.301 e. The Morgan fingerprint density at radius 2 is 1.92 bits per heavy atom. The van der Waals surface area contributed by atoms with E-state index in [1.165, 1.54) is 5.56 Å². The summed E-state index contributed by atoms with van der Waals surface area (Å²) in [5.41, 5.74) is 1.36. The van der Waals surface area contributed by atoms with Gasteiger partial charge in [-0.3, -0.25) is 0 Å². The van der Waals surface area contributed by atoms with Crippen LogP contribution in [0.1, 0.15) is 5.56 Å². The number of hydrogen-bond acceptors (Lipinski definition) is 2. The van der Waals surface area contributed by atoms with Gasteiger partial charge in [-0.05, 0) is 12.6 Å². The molecular weight excluding hydrogens is 166 g/mol. The van der Waals surface area contributed by atoms with Crippen LogP contribution in [0.2, 0.25) is 0 Å². The monoisotopic (exact) mass is 181 g/mol. The molecular formula is C10H15NS. The lowest BCUT2D eigenvalue weighted by Gasteiger charge is -2.14. The Labute approximate surface area is 79.8 Å². The van der Waals surface area contributed by atoms with Crippen LogP contribution in [0.3, 0.4) is 0 Å². The summed E-state index contributed by atoms with van der Waals surface area (Å²) >= 11 is 4.18. The van der Waals surface area contributed by atoms with Crippen molar-refractivity contribution in [3.8, 4) is 0 Å². The minimum Gasteiger partial charge on any atom is -0.301 e. The van der Waals surface area contributed by atoms with Gasteiger partial charge in [-0.1, -0.05) is 30.3 Å². The van der Waals surface area contributed by atoms with Crippen molar-refractivity contribution in [1.29, 1.82) is 0 Å². The third-order valence-corrected chi connectivity index (χ3v) is 1.98. The molecule has 0 aliphatic rings. The smallest absolute Gasteiger partial charge is 0.0231 e. The minimum atomic E-state index is 0.920. The zero-order valence-electron chi connectivity index (χ0n) is 7.40. The molecule has 0 amide bonds. The topological polar surface area (TPSA) is 3.24 Å². The van der Waals surface area contributed by atoms with Crippen molar-refractivity contribution in [2.75, 3.05) is 19.3 Å². The van der Waals surface area contributed by atoms with E-state index in [1.54, 1.807) is 0 Å². The predicted molar refractivity (Wildman–Crippen MR) is 56.6 cm³/mol. The summed E-state index contributed by atoms with van der Waals surface area (Å²) in [5.74, 6) is 0.920. The molecule has 1 aromatic rings. The van der Waals surface area contributed by atoms with Gasteiger partial charge >= 0.3 is 0 Å². The van der Waals surface area contributed by atoms with Crippen molar-refractivity contribution in [1.82, 2.24) is 4.90 Å². The minimum absolute atomic E-state index is 0.920. The van der Waals surface area contributed by atoms with Crippen molar-refractivity contribution in [2.24, 2.45) is 0 Å². The summed E-state index contributed by atoms with van der Waals surface area (Å²) in [7, 11) is 2.11. The maximum atomic E-state index is 4.18. The highest BCUT2D eigenvalue weighted by atomic mass is 32.1. The van der Waals surface area contributed by atoms with Gasteiger partial charge in [0.15, 0.2) is 0 Å². The molecule has 12 heavy (non-hydrogen) atoms. The molecule has 0 fully saturated rings. The Kier molecular flexibility index (Phi) is 4.19. The summed E-state index contributed by atoms with van der Waals surface area (Å²) in [5, 5.41) is 0. The molecule has 0 saturated carbocycles.